The van der Waals surface area contributed by atoms with Gasteiger partial charge in [0.15, 0.2) is 0 Å². The third kappa shape index (κ3) is 2.75. The number of aliphatic hydroxyl groups excluding tert-OH is 2. The van der Waals surface area contributed by atoms with Crippen molar-refractivity contribution < 1.29 is 38.7 Å². The average Bonchev–Trinajstić information content (AvgIpc) is 3.52. The number of carbonyl (C=O) groups is 2. The van der Waals surface area contributed by atoms with Crippen molar-refractivity contribution in [3.05, 3.63) is 35.9 Å². The molecule has 0 aromatic heterocycles. The molecule has 2 aliphatic carbocycles. The van der Waals surface area contributed by atoms with Crippen LogP contribution >= 0.6 is 0 Å². The molecule has 1 spiro atoms. The van der Waals surface area contributed by atoms with Crippen LogP contribution in [0.15, 0.2) is 30.3 Å². The zero-order valence-electron chi connectivity index (χ0n) is 17.7. The third-order valence-corrected chi connectivity index (χ3v) is 8.09. The number of rotatable bonds is 4. The van der Waals surface area contributed by atoms with Crippen LogP contribution in [0, 0.1) is 10.8 Å². The molecule has 0 amide bonds. The van der Waals surface area contributed by atoms with Gasteiger partial charge in [0.1, 0.15) is 24.4 Å². The molecule has 8 nitrogen and oxygen atoms in total. The second-order valence-corrected chi connectivity index (χ2v) is 9.48. The highest BCUT2D eigenvalue weighted by Crippen LogP contribution is 2.72. The fourth-order valence-electron chi connectivity index (χ4n) is 6.45. The predicted molar refractivity (Wildman–Crippen MR) is 106 cm³/mol. The van der Waals surface area contributed by atoms with Crippen molar-refractivity contribution in [3.63, 3.8) is 0 Å². The Bertz CT molecular complexity index is 883. The molecule has 4 aliphatic rings. The van der Waals surface area contributed by atoms with E-state index in [1.807, 2.05) is 13.0 Å². The van der Waals surface area contributed by atoms with Crippen molar-refractivity contribution in [2.24, 2.45) is 10.8 Å². The Kier molecular flexibility index (Phi) is 4.71. The summed E-state index contributed by atoms with van der Waals surface area (Å²) in [5.74, 6) is -0.916. The SMILES string of the molecule is CC(=O)O[C@@H]1C[C@@]2(C)C3(CO3)C1O[C@@H]1CC[C@@H](O)[C@@H](O)[C@@]12COC(=O)c1ccccc1. The molecule has 0 radical (unpaired) electrons. The largest absolute Gasteiger partial charge is 0.461 e. The van der Waals surface area contributed by atoms with E-state index in [0.717, 1.165) is 0 Å². The molecule has 2 saturated heterocycles. The minimum Gasteiger partial charge on any atom is -0.461 e. The van der Waals surface area contributed by atoms with E-state index in [1.54, 1.807) is 24.3 Å². The van der Waals surface area contributed by atoms with Crippen molar-refractivity contribution in [1.29, 1.82) is 0 Å². The number of benzene rings is 1. The topological polar surface area (TPSA) is 115 Å². The molecule has 1 aromatic carbocycles. The lowest BCUT2D eigenvalue weighted by atomic mass is 9.50. The van der Waals surface area contributed by atoms with Gasteiger partial charge in [-0.25, -0.2) is 4.79 Å². The molecule has 2 bridgehead atoms. The van der Waals surface area contributed by atoms with Crippen LogP contribution in [0.3, 0.4) is 0 Å². The number of hydrogen-bond acceptors (Lipinski definition) is 8. The number of fused-ring (bicyclic) bond motifs is 2. The number of epoxide rings is 1. The highest BCUT2D eigenvalue weighted by Gasteiger charge is 2.84. The van der Waals surface area contributed by atoms with Crippen LogP contribution in [0.4, 0.5) is 0 Å². The van der Waals surface area contributed by atoms with Crippen LogP contribution in [0.2, 0.25) is 0 Å². The number of ether oxygens (including phenoxy) is 4. The standard InChI is InChI=1S/C23H28O8/c1-13(24)30-16-10-21(2)22(11-28-20(27)14-6-4-3-5-7-14)17(9-8-15(25)18(22)26)31-19(16)23(21)12-29-23/h3-7,15-19,25-26H,8-12H2,1-2H3/t15-,16-,17-,18-,19?,21-,22-,23?/m1/s1. The van der Waals surface area contributed by atoms with Gasteiger partial charge >= 0.3 is 11.9 Å². The molecule has 1 aromatic rings. The quantitative estimate of drug-likeness (QED) is 0.539. The molecule has 2 N–H and O–H groups in total. The minimum atomic E-state index is -1.18. The maximum absolute atomic E-state index is 12.7. The average molecular weight is 432 g/mol. The van der Waals surface area contributed by atoms with Gasteiger partial charge in [0.2, 0.25) is 0 Å². The summed E-state index contributed by atoms with van der Waals surface area (Å²) in [6.45, 7) is 3.60. The van der Waals surface area contributed by atoms with Gasteiger partial charge in [-0.15, -0.1) is 0 Å². The first-order valence-electron chi connectivity index (χ1n) is 10.8. The lowest BCUT2D eigenvalue weighted by molar-refractivity contribution is -0.288. The van der Waals surface area contributed by atoms with Gasteiger partial charge < -0.3 is 29.2 Å². The summed E-state index contributed by atoms with van der Waals surface area (Å²) < 4.78 is 23.7. The molecule has 2 unspecified atom stereocenters. The first kappa shape index (κ1) is 20.9. The summed E-state index contributed by atoms with van der Waals surface area (Å²) in [6.07, 6.45) is -2.36. The Morgan fingerprint density at radius 1 is 1.19 bits per heavy atom. The summed E-state index contributed by atoms with van der Waals surface area (Å²) in [5.41, 5.74) is -2.17. The molecule has 168 valence electrons. The summed E-state index contributed by atoms with van der Waals surface area (Å²) in [4.78, 5) is 24.5. The number of aliphatic hydroxyl groups is 2. The fraction of sp³-hybridized carbons (Fsp3) is 0.652. The zero-order valence-corrected chi connectivity index (χ0v) is 17.7. The Morgan fingerprint density at radius 3 is 2.55 bits per heavy atom. The molecule has 2 aliphatic heterocycles. The Hall–Kier alpha value is -2.00. The van der Waals surface area contributed by atoms with Crippen molar-refractivity contribution in [1.82, 2.24) is 0 Å². The number of hydrogen-bond donors (Lipinski definition) is 2. The minimum absolute atomic E-state index is 0.134. The van der Waals surface area contributed by atoms with Gasteiger partial charge in [-0.2, -0.15) is 0 Å². The first-order valence-corrected chi connectivity index (χ1v) is 10.8. The highest BCUT2D eigenvalue weighted by molar-refractivity contribution is 5.89. The maximum Gasteiger partial charge on any atom is 0.338 e. The van der Waals surface area contributed by atoms with E-state index in [4.69, 9.17) is 18.9 Å². The van der Waals surface area contributed by atoms with E-state index in [1.165, 1.54) is 6.92 Å². The van der Waals surface area contributed by atoms with Crippen molar-refractivity contribution in [2.75, 3.05) is 13.2 Å². The fourth-order valence-corrected chi connectivity index (χ4v) is 6.45. The van der Waals surface area contributed by atoms with Crippen LogP contribution < -0.4 is 0 Å². The molecule has 31 heavy (non-hydrogen) atoms. The van der Waals surface area contributed by atoms with Gasteiger partial charge in [0.05, 0.1) is 35.9 Å². The van der Waals surface area contributed by atoms with Crippen LogP contribution in [-0.2, 0) is 23.7 Å². The molecule has 8 heteroatoms. The Morgan fingerprint density at radius 2 is 1.90 bits per heavy atom. The van der Waals surface area contributed by atoms with Gasteiger partial charge in [0, 0.05) is 12.3 Å². The second-order valence-electron chi connectivity index (χ2n) is 9.48. The van der Waals surface area contributed by atoms with Crippen molar-refractivity contribution in [2.45, 2.75) is 69.2 Å². The lowest BCUT2D eigenvalue weighted by Gasteiger charge is -2.60. The second kappa shape index (κ2) is 7.00. The number of esters is 2. The molecule has 5 rings (SSSR count). The first-order chi connectivity index (χ1) is 14.7. The van der Waals surface area contributed by atoms with Crippen LogP contribution in [-0.4, -0.2) is 71.5 Å². The summed E-state index contributed by atoms with van der Waals surface area (Å²) in [5, 5.41) is 22.0. The molecule has 2 saturated carbocycles. The van der Waals surface area contributed by atoms with Crippen LogP contribution in [0.5, 0.6) is 0 Å². The van der Waals surface area contributed by atoms with Crippen LogP contribution in [0.25, 0.3) is 0 Å². The summed E-state index contributed by atoms with van der Waals surface area (Å²) in [7, 11) is 0. The maximum atomic E-state index is 12.7. The molecule has 8 atom stereocenters. The smallest absolute Gasteiger partial charge is 0.338 e. The Labute approximate surface area is 180 Å². The van der Waals surface area contributed by atoms with Gasteiger partial charge in [-0.1, -0.05) is 25.1 Å². The van der Waals surface area contributed by atoms with E-state index in [-0.39, 0.29) is 6.61 Å². The molecular formula is C23H28O8. The molecule has 4 fully saturated rings. The van der Waals surface area contributed by atoms with E-state index in [2.05, 4.69) is 0 Å². The summed E-state index contributed by atoms with van der Waals surface area (Å²) >= 11 is 0. The van der Waals surface area contributed by atoms with Crippen molar-refractivity contribution in [3.8, 4) is 0 Å². The van der Waals surface area contributed by atoms with E-state index in [9.17, 15) is 19.8 Å². The van der Waals surface area contributed by atoms with Crippen LogP contribution in [0.1, 0.15) is 43.5 Å². The van der Waals surface area contributed by atoms with Crippen molar-refractivity contribution >= 4 is 11.9 Å². The van der Waals surface area contributed by atoms with E-state index < -0.39 is 58.9 Å². The van der Waals surface area contributed by atoms with E-state index in [0.29, 0.717) is 31.4 Å². The lowest BCUT2D eigenvalue weighted by Crippen LogP contribution is -2.72. The molecular weight excluding hydrogens is 404 g/mol. The monoisotopic (exact) mass is 432 g/mol. The predicted octanol–water partition coefficient (Wildman–Crippen LogP) is 1.22. The Balaban J connectivity index is 1.53. The van der Waals surface area contributed by atoms with E-state index >= 15 is 0 Å². The molecule has 2 heterocycles. The third-order valence-electron chi connectivity index (χ3n) is 8.09. The summed E-state index contributed by atoms with van der Waals surface area (Å²) in [6, 6.07) is 8.64. The van der Waals surface area contributed by atoms with Gasteiger partial charge in [-0.05, 0) is 31.4 Å². The normalized spacial score (nSPS) is 45.1. The van der Waals surface area contributed by atoms with Gasteiger partial charge in [-0.3, -0.25) is 4.79 Å². The highest BCUT2D eigenvalue weighted by atomic mass is 16.7. The van der Waals surface area contributed by atoms with Gasteiger partial charge in [0.25, 0.3) is 0 Å². The zero-order chi connectivity index (χ0) is 22.0. The number of carbonyl (C=O) groups excluding carboxylic acids is 2.